The van der Waals surface area contributed by atoms with Crippen LogP contribution >= 0.6 is 11.6 Å². The Hall–Kier alpha value is -4.04. The number of benzene rings is 3. The van der Waals surface area contributed by atoms with Gasteiger partial charge in [-0.15, -0.1) is 0 Å². The first-order valence-corrected chi connectivity index (χ1v) is 12.9. The predicted octanol–water partition coefficient (Wildman–Crippen LogP) is 6.52. The third-order valence-corrected chi connectivity index (χ3v) is 6.79. The molecule has 0 saturated carbocycles. The van der Waals surface area contributed by atoms with Crippen molar-refractivity contribution >= 4 is 34.4 Å². The van der Waals surface area contributed by atoms with Crippen LogP contribution in [-0.4, -0.2) is 29.3 Å². The van der Waals surface area contributed by atoms with Crippen LogP contribution < -0.4 is 9.47 Å². The van der Waals surface area contributed by atoms with Gasteiger partial charge in [-0.2, -0.15) is 0 Å². The van der Waals surface area contributed by atoms with Gasteiger partial charge in [-0.25, -0.2) is 4.39 Å². The number of halogens is 2. The molecular weight excluding hydrogens is 525 g/mol. The second-order valence-corrected chi connectivity index (χ2v) is 10.0. The van der Waals surface area contributed by atoms with Crippen molar-refractivity contribution in [1.82, 2.24) is 4.98 Å². The van der Waals surface area contributed by atoms with Crippen LogP contribution in [0.4, 0.5) is 4.39 Å². The topological polar surface area (TPSA) is 86.9 Å². The second kappa shape index (κ2) is 10.6. The fraction of sp³-hybridized carbons (Fsp3) is 0.267. The quantitative estimate of drug-likeness (QED) is 0.198. The van der Waals surface area contributed by atoms with Crippen molar-refractivity contribution in [1.29, 1.82) is 0 Å². The van der Waals surface area contributed by atoms with E-state index in [-0.39, 0.29) is 24.0 Å². The molecule has 1 atom stereocenters. The van der Waals surface area contributed by atoms with E-state index < -0.39 is 35.4 Å². The number of hydrogen-bond acceptors (Lipinski definition) is 6. The zero-order valence-corrected chi connectivity index (χ0v) is 22.4. The Labute approximate surface area is 229 Å². The lowest BCUT2D eigenvalue weighted by Crippen LogP contribution is -2.48. The molecule has 0 amide bonds. The number of esters is 2. The van der Waals surface area contributed by atoms with Gasteiger partial charge in [-0.1, -0.05) is 48.0 Å². The first-order chi connectivity index (χ1) is 18.7. The van der Waals surface area contributed by atoms with Gasteiger partial charge in [0, 0.05) is 42.4 Å². The first-order valence-electron chi connectivity index (χ1n) is 12.5. The summed E-state index contributed by atoms with van der Waals surface area (Å²) in [6.45, 7) is 5.02. The first kappa shape index (κ1) is 26.6. The molecule has 2 heterocycles. The van der Waals surface area contributed by atoms with Crippen LogP contribution in [0.25, 0.3) is 10.9 Å². The predicted molar refractivity (Wildman–Crippen MR) is 143 cm³/mol. The van der Waals surface area contributed by atoms with Crippen molar-refractivity contribution in [2.24, 2.45) is 5.92 Å². The number of hydrogen-bond donors (Lipinski definition) is 1. The zero-order valence-electron chi connectivity index (χ0n) is 21.6. The maximum Gasteiger partial charge on any atom is 0.324 e. The number of ether oxygens (including phenoxy) is 4. The summed E-state index contributed by atoms with van der Waals surface area (Å²) in [6, 6.07) is 17.1. The SMILES string of the molecule is CCOc1cc([C@H](c2c[nH]c3ccccc23)C2C(=O)OC(C)(C)OC2=O)cc(Cl)c1OCc1ccccc1F. The summed E-state index contributed by atoms with van der Waals surface area (Å²) in [4.78, 5) is 29.7. The van der Waals surface area contributed by atoms with Crippen molar-refractivity contribution in [3.8, 4) is 11.5 Å². The standard InChI is InChI=1S/C30H27ClFNO6/c1-4-36-24-14-18(13-21(31)27(24)37-16-17-9-5-7-11-22(17)32)25(20-15-33-23-12-8-6-10-19(20)23)26-28(34)38-30(2,3)39-29(26)35/h5-15,25-26,33H,4,16H2,1-3H3/t25-/m1/s1. The summed E-state index contributed by atoms with van der Waals surface area (Å²) in [7, 11) is 0. The molecule has 7 nitrogen and oxygen atoms in total. The molecule has 5 rings (SSSR count). The largest absolute Gasteiger partial charge is 0.490 e. The molecule has 1 aliphatic rings. The minimum Gasteiger partial charge on any atom is -0.490 e. The third kappa shape index (κ3) is 5.29. The fourth-order valence-electron chi connectivity index (χ4n) is 4.84. The van der Waals surface area contributed by atoms with E-state index in [1.165, 1.54) is 19.9 Å². The molecule has 9 heteroatoms. The lowest BCUT2D eigenvalue weighted by atomic mass is 9.79. The Morgan fingerprint density at radius 1 is 1.03 bits per heavy atom. The maximum absolute atomic E-state index is 14.2. The molecule has 1 aliphatic heterocycles. The van der Waals surface area contributed by atoms with E-state index in [1.54, 1.807) is 43.5 Å². The maximum atomic E-state index is 14.2. The molecule has 39 heavy (non-hydrogen) atoms. The number of carbonyl (C=O) groups is 2. The summed E-state index contributed by atoms with van der Waals surface area (Å²) < 4.78 is 36.9. The lowest BCUT2D eigenvalue weighted by molar-refractivity contribution is -0.240. The molecule has 0 aliphatic carbocycles. The van der Waals surface area contributed by atoms with Crippen molar-refractivity contribution in [3.05, 3.63) is 94.4 Å². The Balaban J connectivity index is 1.61. The number of rotatable bonds is 8. The van der Waals surface area contributed by atoms with Crippen LogP contribution in [0, 0.1) is 11.7 Å². The molecule has 0 bridgehead atoms. The van der Waals surface area contributed by atoms with Crippen LogP contribution in [0.1, 0.15) is 43.4 Å². The summed E-state index contributed by atoms with van der Waals surface area (Å²) in [6.07, 6.45) is 1.76. The van der Waals surface area contributed by atoms with Crippen molar-refractivity contribution < 1.29 is 32.9 Å². The van der Waals surface area contributed by atoms with Gasteiger partial charge < -0.3 is 23.9 Å². The highest BCUT2D eigenvalue weighted by molar-refractivity contribution is 6.32. The van der Waals surface area contributed by atoms with Crippen molar-refractivity contribution in [3.63, 3.8) is 0 Å². The molecule has 0 spiro atoms. The summed E-state index contributed by atoms with van der Waals surface area (Å²) in [5.41, 5.74) is 2.39. The number of aromatic nitrogens is 1. The van der Waals surface area contributed by atoms with Crippen LogP contribution in [0.2, 0.25) is 5.02 Å². The second-order valence-electron chi connectivity index (χ2n) is 9.63. The van der Waals surface area contributed by atoms with E-state index in [1.807, 2.05) is 24.3 Å². The number of aromatic amines is 1. The molecule has 1 fully saturated rings. The van der Waals surface area contributed by atoms with Gasteiger partial charge >= 0.3 is 11.9 Å². The van der Waals surface area contributed by atoms with Crippen LogP contribution in [-0.2, 0) is 25.7 Å². The Bertz CT molecular complexity index is 1530. The molecule has 1 aromatic heterocycles. The van der Waals surface area contributed by atoms with E-state index in [4.69, 9.17) is 30.5 Å². The normalized spacial score (nSPS) is 16.0. The van der Waals surface area contributed by atoms with Gasteiger partial charge in [0.05, 0.1) is 11.6 Å². The average Bonchev–Trinajstić information content (AvgIpc) is 3.30. The van der Waals surface area contributed by atoms with Gasteiger partial charge in [0.1, 0.15) is 12.4 Å². The molecule has 3 aromatic carbocycles. The van der Waals surface area contributed by atoms with Crippen molar-refractivity contribution in [2.45, 2.75) is 39.1 Å². The Morgan fingerprint density at radius 3 is 2.44 bits per heavy atom. The van der Waals surface area contributed by atoms with E-state index in [0.717, 1.165) is 10.9 Å². The minimum absolute atomic E-state index is 0.0753. The van der Waals surface area contributed by atoms with Gasteiger partial charge in [0.15, 0.2) is 17.4 Å². The van der Waals surface area contributed by atoms with Gasteiger partial charge in [-0.05, 0) is 42.3 Å². The third-order valence-electron chi connectivity index (χ3n) is 6.51. The van der Waals surface area contributed by atoms with Gasteiger partial charge in [0.2, 0.25) is 0 Å². The highest BCUT2D eigenvalue weighted by Gasteiger charge is 2.49. The summed E-state index contributed by atoms with van der Waals surface area (Å²) in [5.74, 6) is -4.81. The highest BCUT2D eigenvalue weighted by Crippen LogP contribution is 2.45. The number of nitrogens with one attached hydrogen (secondary N) is 1. The molecule has 1 N–H and O–H groups in total. The number of H-pyrrole nitrogens is 1. The van der Waals surface area contributed by atoms with Crippen LogP contribution in [0.15, 0.2) is 66.9 Å². The molecule has 1 saturated heterocycles. The molecule has 0 unspecified atom stereocenters. The van der Waals surface area contributed by atoms with E-state index in [2.05, 4.69) is 4.98 Å². The van der Waals surface area contributed by atoms with Crippen LogP contribution in [0.3, 0.4) is 0 Å². The number of para-hydroxylation sites is 1. The minimum atomic E-state index is -1.38. The molecule has 202 valence electrons. The summed E-state index contributed by atoms with van der Waals surface area (Å²) in [5, 5.41) is 0.997. The Kier molecular flexibility index (Phi) is 7.23. The molecular formula is C30H27ClFNO6. The smallest absolute Gasteiger partial charge is 0.324 e. The molecule has 0 radical (unpaired) electrons. The highest BCUT2D eigenvalue weighted by atomic mass is 35.5. The van der Waals surface area contributed by atoms with E-state index in [0.29, 0.717) is 22.4 Å². The number of carbonyl (C=O) groups excluding carboxylic acids is 2. The number of fused-ring (bicyclic) bond motifs is 1. The lowest BCUT2D eigenvalue weighted by Gasteiger charge is -2.36. The average molecular weight is 552 g/mol. The van der Waals surface area contributed by atoms with E-state index >= 15 is 0 Å². The molecule has 4 aromatic rings. The van der Waals surface area contributed by atoms with E-state index in [9.17, 15) is 14.0 Å². The van der Waals surface area contributed by atoms with Gasteiger partial charge in [0.25, 0.3) is 5.79 Å². The fourth-order valence-corrected chi connectivity index (χ4v) is 5.11. The monoisotopic (exact) mass is 551 g/mol. The van der Waals surface area contributed by atoms with Crippen molar-refractivity contribution in [2.75, 3.05) is 6.61 Å². The number of cyclic esters (lactones) is 2. The van der Waals surface area contributed by atoms with Crippen LogP contribution in [0.5, 0.6) is 11.5 Å². The van der Waals surface area contributed by atoms with Gasteiger partial charge in [-0.3, -0.25) is 9.59 Å². The zero-order chi connectivity index (χ0) is 27.7. The summed E-state index contributed by atoms with van der Waals surface area (Å²) >= 11 is 6.72. The Morgan fingerprint density at radius 2 is 1.72 bits per heavy atom.